The summed E-state index contributed by atoms with van der Waals surface area (Å²) in [5.74, 6) is -0.134. The van der Waals surface area contributed by atoms with E-state index < -0.39 is 17.5 Å². The normalized spacial score (nSPS) is 16.2. The highest BCUT2D eigenvalue weighted by molar-refractivity contribution is 5.68. The van der Waals surface area contributed by atoms with Gasteiger partial charge in [-0.15, -0.1) is 0 Å². The lowest BCUT2D eigenvalue weighted by atomic mass is 10.1. The molecule has 0 N–H and O–H groups in total. The molecule has 2 aromatic heterocycles. The minimum Gasteiger partial charge on any atom is -0.444 e. The highest BCUT2D eigenvalue weighted by Crippen LogP contribution is 2.35. The Hall–Kier alpha value is -2.63. The van der Waals surface area contributed by atoms with E-state index in [9.17, 15) is 18.0 Å². The van der Waals surface area contributed by atoms with Crippen LogP contribution in [0.4, 0.5) is 18.0 Å². The van der Waals surface area contributed by atoms with Crippen molar-refractivity contribution in [3.63, 3.8) is 0 Å². The Balaban J connectivity index is 1.53. The van der Waals surface area contributed by atoms with Crippen molar-refractivity contribution in [3.05, 3.63) is 17.7 Å². The lowest BCUT2D eigenvalue weighted by molar-refractivity contribution is -0.141. The Morgan fingerprint density at radius 3 is 2.53 bits per heavy atom. The summed E-state index contributed by atoms with van der Waals surface area (Å²) in [6.45, 7) is 6.39. The van der Waals surface area contributed by atoms with E-state index in [1.54, 1.807) is 4.90 Å². The van der Waals surface area contributed by atoms with Crippen LogP contribution in [0.15, 0.2) is 10.7 Å². The van der Waals surface area contributed by atoms with Crippen LogP contribution in [-0.4, -0.2) is 55.7 Å². The van der Waals surface area contributed by atoms with Crippen molar-refractivity contribution in [2.24, 2.45) is 7.05 Å². The van der Waals surface area contributed by atoms with Gasteiger partial charge in [-0.1, -0.05) is 5.16 Å². The molecule has 3 rings (SSSR count). The molecule has 0 atom stereocenters. The molecule has 1 fully saturated rings. The monoisotopic (exact) mass is 431 g/mol. The van der Waals surface area contributed by atoms with Crippen molar-refractivity contribution < 1.29 is 32.0 Å². The van der Waals surface area contributed by atoms with Crippen LogP contribution in [-0.2, 0) is 29.3 Å². The number of amides is 1. The zero-order valence-corrected chi connectivity index (χ0v) is 17.2. The molecule has 1 amide bonds. The first kappa shape index (κ1) is 22.1. The number of hydrogen-bond donors (Lipinski definition) is 0. The molecule has 1 saturated heterocycles. The maximum Gasteiger partial charge on any atom is 0.435 e. The summed E-state index contributed by atoms with van der Waals surface area (Å²) in [7, 11) is 1.38. The van der Waals surface area contributed by atoms with E-state index in [0.717, 1.165) is 4.68 Å². The molecular weight excluding hydrogens is 407 g/mol. The van der Waals surface area contributed by atoms with Gasteiger partial charge < -0.3 is 18.9 Å². The number of alkyl halides is 3. The van der Waals surface area contributed by atoms with Gasteiger partial charge in [0, 0.05) is 26.3 Å². The van der Waals surface area contributed by atoms with Gasteiger partial charge in [0.25, 0.3) is 5.89 Å². The first-order valence-corrected chi connectivity index (χ1v) is 9.46. The van der Waals surface area contributed by atoms with Crippen LogP contribution in [0.1, 0.15) is 45.1 Å². The average molecular weight is 431 g/mol. The van der Waals surface area contributed by atoms with E-state index in [0.29, 0.717) is 25.9 Å². The molecular formula is C18H24F3N5O4. The summed E-state index contributed by atoms with van der Waals surface area (Å²) in [6.07, 6.45) is -2.75. The van der Waals surface area contributed by atoms with Crippen LogP contribution >= 0.6 is 0 Å². The van der Waals surface area contributed by atoms with Gasteiger partial charge in [0.2, 0.25) is 0 Å². The summed E-state index contributed by atoms with van der Waals surface area (Å²) < 4.78 is 56.4. The number of rotatable bonds is 4. The standard InChI is InChI=1S/C18H24F3N5O4/c1-17(2,3)29-16(27)26-7-5-11(6-8-26)28-10-13-22-15(30-24-13)12-9-25(4)23-14(12)18(19,20)21/h9,11H,5-8,10H2,1-4H3. The first-order valence-electron chi connectivity index (χ1n) is 9.46. The van der Waals surface area contributed by atoms with Crippen molar-refractivity contribution >= 4 is 6.09 Å². The number of piperidine rings is 1. The molecule has 9 nitrogen and oxygen atoms in total. The van der Waals surface area contributed by atoms with Crippen molar-refractivity contribution in [2.45, 2.75) is 58.1 Å². The smallest absolute Gasteiger partial charge is 0.435 e. The van der Waals surface area contributed by atoms with Gasteiger partial charge in [-0.2, -0.15) is 23.3 Å². The summed E-state index contributed by atoms with van der Waals surface area (Å²) in [5.41, 5.74) is -1.92. The number of carbonyl (C=O) groups is 1. The zero-order valence-electron chi connectivity index (χ0n) is 17.2. The number of nitrogens with zero attached hydrogens (tertiary/aromatic N) is 5. The van der Waals surface area contributed by atoms with Crippen LogP contribution in [0.5, 0.6) is 0 Å². The molecule has 0 spiro atoms. The highest BCUT2D eigenvalue weighted by Gasteiger charge is 2.39. The number of aromatic nitrogens is 4. The van der Waals surface area contributed by atoms with Gasteiger partial charge >= 0.3 is 12.3 Å². The number of aryl methyl sites for hydroxylation is 1. The largest absolute Gasteiger partial charge is 0.444 e. The molecule has 30 heavy (non-hydrogen) atoms. The Labute approximate surface area is 171 Å². The number of carbonyl (C=O) groups excluding carboxylic acids is 1. The molecule has 0 aliphatic carbocycles. The summed E-state index contributed by atoms with van der Waals surface area (Å²) >= 11 is 0. The molecule has 0 unspecified atom stereocenters. The lowest BCUT2D eigenvalue weighted by Gasteiger charge is -2.33. The van der Waals surface area contributed by atoms with E-state index in [1.165, 1.54) is 13.2 Å². The predicted molar refractivity (Wildman–Crippen MR) is 97.1 cm³/mol. The fourth-order valence-corrected chi connectivity index (χ4v) is 3.00. The second-order valence-corrected chi connectivity index (χ2v) is 8.06. The summed E-state index contributed by atoms with van der Waals surface area (Å²) in [4.78, 5) is 17.7. The van der Waals surface area contributed by atoms with Crippen molar-refractivity contribution in [1.82, 2.24) is 24.8 Å². The fourth-order valence-electron chi connectivity index (χ4n) is 3.00. The van der Waals surface area contributed by atoms with Crippen molar-refractivity contribution in [1.29, 1.82) is 0 Å². The van der Waals surface area contributed by atoms with Crippen LogP contribution < -0.4 is 0 Å². The Morgan fingerprint density at radius 1 is 1.27 bits per heavy atom. The van der Waals surface area contributed by atoms with Gasteiger partial charge in [-0.25, -0.2) is 4.79 Å². The van der Waals surface area contributed by atoms with E-state index in [1.807, 2.05) is 20.8 Å². The number of halogens is 3. The Kier molecular flexibility index (Phi) is 6.06. The molecule has 3 heterocycles. The first-order chi connectivity index (χ1) is 13.9. The van der Waals surface area contributed by atoms with E-state index in [2.05, 4.69) is 15.2 Å². The maximum absolute atomic E-state index is 13.1. The lowest BCUT2D eigenvalue weighted by Crippen LogP contribution is -2.43. The molecule has 2 aromatic rings. The summed E-state index contributed by atoms with van der Waals surface area (Å²) in [6, 6.07) is 0. The second-order valence-electron chi connectivity index (χ2n) is 8.06. The topological polar surface area (TPSA) is 95.5 Å². The van der Waals surface area contributed by atoms with E-state index in [4.69, 9.17) is 14.0 Å². The Morgan fingerprint density at radius 2 is 1.93 bits per heavy atom. The van der Waals surface area contributed by atoms with Crippen LogP contribution in [0.3, 0.4) is 0 Å². The van der Waals surface area contributed by atoms with Gasteiger partial charge in [0.05, 0.1) is 11.7 Å². The molecule has 166 valence electrons. The number of hydrogen-bond acceptors (Lipinski definition) is 7. The van der Waals surface area contributed by atoms with E-state index in [-0.39, 0.29) is 36.1 Å². The molecule has 1 aliphatic heterocycles. The van der Waals surface area contributed by atoms with E-state index >= 15 is 0 Å². The predicted octanol–water partition coefficient (Wildman–Crippen LogP) is 3.41. The van der Waals surface area contributed by atoms with Crippen molar-refractivity contribution in [3.8, 4) is 11.5 Å². The SMILES string of the molecule is Cn1cc(-c2nc(COC3CCN(C(=O)OC(C)(C)C)CC3)no2)c(C(F)(F)F)n1. The second kappa shape index (κ2) is 8.25. The zero-order chi connectivity index (χ0) is 22.1. The molecule has 0 radical (unpaired) electrons. The molecule has 12 heteroatoms. The molecule has 0 aromatic carbocycles. The van der Waals surface area contributed by atoms with Crippen LogP contribution in [0.25, 0.3) is 11.5 Å². The molecule has 0 bridgehead atoms. The third kappa shape index (κ3) is 5.49. The molecule has 0 saturated carbocycles. The van der Waals surface area contributed by atoms with Gasteiger partial charge in [0.1, 0.15) is 12.2 Å². The van der Waals surface area contributed by atoms with Crippen LogP contribution in [0, 0.1) is 0 Å². The highest BCUT2D eigenvalue weighted by atomic mass is 19.4. The minimum atomic E-state index is -4.64. The third-order valence-corrected chi connectivity index (χ3v) is 4.34. The maximum atomic E-state index is 13.1. The Bertz CT molecular complexity index is 879. The summed E-state index contributed by atoms with van der Waals surface area (Å²) in [5, 5.41) is 7.11. The quantitative estimate of drug-likeness (QED) is 0.732. The van der Waals surface area contributed by atoms with Gasteiger partial charge in [0.15, 0.2) is 11.5 Å². The average Bonchev–Trinajstić information content (AvgIpc) is 3.25. The molecule has 1 aliphatic rings. The minimum absolute atomic E-state index is 0.0117. The number of ether oxygens (including phenoxy) is 2. The number of likely N-dealkylation sites (tertiary alicyclic amines) is 1. The fraction of sp³-hybridized carbons (Fsp3) is 0.667. The van der Waals surface area contributed by atoms with Gasteiger partial charge in [-0.3, -0.25) is 4.68 Å². The third-order valence-electron chi connectivity index (χ3n) is 4.34. The van der Waals surface area contributed by atoms with Crippen LogP contribution in [0.2, 0.25) is 0 Å². The van der Waals surface area contributed by atoms with Crippen molar-refractivity contribution in [2.75, 3.05) is 13.1 Å². The van der Waals surface area contributed by atoms with Gasteiger partial charge in [-0.05, 0) is 33.6 Å².